The number of imide groups is 1. The van der Waals surface area contributed by atoms with Gasteiger partial charge in [-0.1, -0.05) is 49.4 Å². The molecule has 8 N–H and O–H groups in total. The molecule has 506 valence electrons. The first-order valence-corrected chi connectivity index (χ1v) is 32.4. The highest BCUT2D eigenvalue weighted by atomic mass is 32.1. The number of H-pyrrole nitrogens is 1. The van der Waals surface area contributed by atoms with Gasteiger partial charge in [0.15, 0.2) is 16.9 Å². The third-order valence-corrected chi connectivity index (χ3v) is 19.8. The van der Waals surface area contributed by atoms with Crippen LogP contribution in [0.1, 0.15) is 96.5 Å². The number of aliphatic hydroxyl groups excluding tert-OH is 3. The minimum atomic E-state index is -1.94. The molecule has 3 aromatic carbocycles. The Morgan fingerprint density at radius 3 is 2.33 bits per heavy atom. The number of benzene rings is 3. The molecule has 7 atom stereocenters. The number of pyridine rings is 1. The summed E-state index contributed by atoms with van der Waals surface area (Å²) in [6.07, 6.45) is -0.744. The second kappa shape index (κ2) is 26.8. The van der Waals surface area contributed by atoms with Gasteiger partial charge < -0.3 is 69.2 Å². The number of aromatic amines is 1. The second-order valence-electron chi connectivity index (χ2n) is 26.5. The molecule has 2 aliphatic heterocycles. The number of fused-ring (bicyclic) bond motifs is 2. The molecule has 0 radical (unpaired) electrons. The highest BCUT2D eigenvalue weighted by Gasteiger charge is 2.66. The summed E-state index contributed by atoms with van der Waals surface area (Å²) in [5.41, 5.74) is 4.83. The predicted molar refractivity (Wildman–Crippen MR) is 346 cm³/mol. The SMILES string of the molecule is Cc1c(-c2ccc(-c3cnn(CC45CC6(C)CC(C)(C4)CC(OCCN(C)C(=O)OCc4ccc(O[C@@H]7O[C@H](C(=O)O)[C@@H](O)[C@H](O)[C@H]7O)cc4OCCOCCNC(=O)CCN4C(=O)C=CC4=O)(C6)C5)c3C)c(C(=O)O)n2)[nH]c2c(C(=O)Nc3nc4ccccc4s3)cccc12. The van der Waals surface area contributed by atoms with Gasteiger partial charge in [0.2, 0.25) is 12.2 Å². The first-order chi connectivity index (χ1) is 45.8. The topological polar surface area (TPSA) is 366 Å². The van der Waals surface area contributed by atoms with E-state index in [2.05, 4.69) is 34.4 Å². The summed E-state index contributed by atoms with van der Waals surface area (Å²) < 4.78 is 38.5. The Labute approximate surface area is 554 Å². The van der Waals surface area contributed by atoms with E-state index in [9.17, 15) is 59.1 Å². The molecule has 6 heterocycles. The molecule has 5 fully saturated rings. The van der Waals surface area contributed by atoms with Crippen LogP contribution in [0.25, 0.3) is 43.6 Å². The normalized spacial score (nSPS) is 25.0. The van der Waals surface area contributed by atoms with Gasteiger partial charge in [-0.3, -0.25) is 34.1 Å². The van der Waals surface area contributed by atoms with Gasteiger partial charge in [-0.05, 0) is 117 Å². The molecular weight excluding hydrogens is 1260 g/mol. The van der Waals surface area contributed by atoms with E-state index in [0.717, 1.165) is 82.4 Å². The summed E-state index contributed by atoms with van der Waals surface area (Å²) in [7, 11) is 1.60. The van der Waals surface area contributed by atoms with E-state index < -0.39 is 72.1 Å². The maximum Gasteiger partial charge on any atom is 0.409 e. The quantitative estimate of drug-likeness (QED) is 0.0205. The fourth-order valence-corrected chi connectivity index (χ4v) is 16.5. The summed E-state index contributed by atoms with van der Waals surface area (Å²) in [6.45, 7) is 9.30. The van der Waals surface area contributed by atoms with Gasteiger partial charge in [0.1, 0.15) is 43.0 Å². The number of likely N-dealkylation sites (N-methyl/N-ethyl adjacent to an activating group) is 1. The molecule has 6 aliphatic rings. The van der Waals surface area contributed by atoms with Crippen molar-refractivity contribution in [3.8, 4) is 34.0 Å². The van der Waals surface area contributed by atoms with Crippen molar-refractivity contribution in [2.24, 2.45) is 16.2 Å². The van der Waals surface area contributed by atoms with Crippen LogP contribution < -0.4 is 20.1 Å². The number of nitrogens with zero attached hydrogens (tertiary/aromatic N) is 6. The van der Waals surface area contributed by atoms with Gasteiger partial charge >= 0.3 is 18.0 Å². The number of hydrogen-bond donors (Lipinski definition) is 8. The number of aryl methyl sites for hydroxylation is 1. The largest absolute Gasteiger partial charge is 0.491 e. The zero-order chi connectivity index (χ0) is 68.0. The number of carbonyl (C=O) groups excluding carboxylic acids is 5. The van der Waals surface area contributed by atoms with E-state index in [1.165, 1.54) is 34.4 Å². The number of aliphatic hydroxyl groups is 3. The smallest absolute Gasteiger partial charge is 0.409 e. The van der Waals surface area contributed by atoms with Crippen LogP contribution in [0.5, 0.6) is 11.5 Å². The number of ether oxygens (including phenoxy) is 6. The molecule has 4 saturated carbocycles. The van der Waals surface area contributed by atoms with E-state index >= 15 is 0 Å². The molecule has 4 aliphatic carbocycles. The summed E-state index contributed by atoms with van der Waals surface area (Å²) in [6, 6.07) is 21.0. The lowest BCUT2D eigenvalue weighted by atomic mass is 9.39. The van der Waals surface area contributed by atoms with Gasteiger partial charge in [-0.25, -0.2) is 24.4 Å². The van der Waals surface area contributed by atoms with Crippen molar-refractivity contribution in [1.29, 1.82) is 0 Å². The highest BCUT2D eigenvalue weighted by molar-refractivity contribution is 7.22. The standard InChI is InChI=1S/C68H75N9O18S/c1-37-41-9-8-10-43(59(84)74-63-72-45-11-6-7-12-48(45)96-63)53(41)73-52(37)46-16-15-42(54(71-46)60(85)86)44-28-70-77(38(44)2)36-67-31-65(3)30-66(4,32-67)34-68(33-65,35-67)93-24-22-75(5)64(89)92-29-39-13-14-40(94-62-57(83)55(81)56(82)58(95-62)61(87)88)27-47(39)91-26-25-90-23-20-69-49(78)19-21-76-50(79)17-18-51(76)80/h6-18,27-28,55-58,62,73,81-83H,19-26,29-36H2,1-5H3,(H,69,78)(H,85,86)(H,87,88)(H,72,74,84)/t55-,56-,57+,58-,62+,65?,66?,67?,68?/m0/s1. The van der Waals surface area contributed by atoms with E-state index in [4.69, 9.17) is 38.5 Å². The van der Waals surface area contributed by atoms with Gasteiger partial charge in [-0.15, -0.1) is 0 Å². The summed E-state index contributed by atoms with van der Waals surface area (Å²) in [5, 5.41) is 63.4. The number of hydrogen-bond acceptors (Lipinski definition) is 20. The molecule has 28 heteroatoms. The van der Waals surface area contributed by atoms with Gasteiger partial charge in [0.05, 0.1) is 64.3 Å². The Kier molecular flexibility index (Phi) is 18.7. The Morgan fingerprint density at radius 2 is 1.59 bits per heavy atom. The summed E-state index contributed by atoms with van der Waals surface area (Å²) >= 11 is 1.38. The van der Waals surface area contributed by atoms with E-state index in [1.54, 1.807) is 31.4 Å². The lowest BCUT2D eigenvalue weighted by Crippen LogP contribution is -2.64. The molecule has 96 heavy (non-hydrogen) atoms. The van der Waals surface area contributed by atoms with Crippen molar-refractivity contribution in [2.45, 2.75) is 122 Å². The van der Waals surface area contributed by atoms with Crippen LogP contribution >= 0.6 is 11.3 Å². The first-order valence-electron chi connectivity index (χ1n) is 31.6. The van der Waals surface area contributed by atoms with Gasteiger partial charge in [0, 0.05) is 85.6 Å². The van der Waals surface area contributed by atoms with Crippen molar-refractivity contribution in [1.82, 2.24) is 39.8 Å². The molecule has 5 amide bonds. The number of amides is 5. The Hall–Kier alpha value is -9.16. The number of anilines is 1. The Bertz CT molecular complexity index is 4170. The van der Waals surface area contributed by atoms with Crippen molar-refractivity contribution in [3.05, 3.63) is 119 Å². The number of thiazole rings is 1. The number of aromatic carboxylic acids is 1. The molecule has 13 rings (SSSR count). The molecule has 4 bridgehead atoms. The lowest BCUT2D eigenvalue weighted by molar-refractivity contribution is -0.271. The van der Waals surface area contributed by atoms with Crippen LogP contribution in [0.2, 0.25) is 0 Å². The van der Waals surface area contributed by atoms with Crippen LogP contribution in [-0.4, -0.2) is 191 Å². The molecule has 2 unspecified atom stereocenters. The minimum Gasteiger partial charge on any atom is -0.491 e. The number of nitrogens with one attached hydrogen (secondary N) is 3. The van der Waals surface area contributed by atoms with E-state index in [1.807, 2.05) is 54.9 Å². The number of aromatic nitrogens is 5. The molecule has 7 aromatic rings. The van der Waals surface area contributed by atoms with E-state index in [-0.39, 0.29) is 98.4 Å². The monoisotopic (exact) mass is 1340 g/mol. The maximum absolute atomic E-state index is 13.8. The van der Waals surface area contributed by atoms with Crippen molar-refractivity contribution >= 4 is 79.2 Å². The number of rotatable bonds is 26. The Balaban J connectivity index is 0.677. The third kappa shape index (κ3) is 13.8. The van der Waals surface area contributed by atoms with Crippen LogP contribution in [-0.2, 0) is 51.3 Å². The summed E-state index contributed by atoms with van der Waals surface area (Å²) in [5.74, 6) is -4.37. The van der Waals surface area contributed by atoms with Crippen molar-refractivity contribution in [3.63, 3.8) is 0 Å². The van der Waals surface area contributed by atoms with Crippen LogP contribution in [0.15, 0.2) is 91.1 Å². The zero-order valence-electron chi connectivity index (χ0n) is 53.5. The first kappa shape index (κ1) is 66.8. The average molecular weight is 1340 g/mol. The molecule has 1 saturated heterocycles. The number of para-hydroxylation sites is 2. The fraction of sp³-hybridized carbons (Fsp3) is 0.441. The number of carboxylic acids is 2. The zero-order valence-corrected chi connectivity index (χ0v) is 54.3. The van der Waals surface area contributed by atoms with Crippen molar-refractivity contribution < 1.29 is 87.5 Å². The molecular formula is C68H75N9O18S. The molecule has 4 aromatic heterocycles. The lowest BCUT2D eigenvalue weighted by Gasteiger charge is -2.69. The molecule has 0 spiro atoms. The number of carbonyl (C=O) groups is 7. The average Bonchev–Trinajstić information content (AvgIpc) is 0.747. The predicted octanol–water partition coefficient (Wildman–Crippen LogP) is 6.77. The van der Waals surface area contributed by atoms with Crippen LogP contribution in [0, 0.1) is 30.1 Å². The van der Waals surface area contributed by atoms with Crippen LogP contribution in [0.4, 0.5) is 9.93 Å². The Morgan fingerprint density at radius 1 is 0.833 bits per heavy atom. The van der Waals surface area contributed by atoms with E-state index in [0.29, 0.717) is 50.8 Å². The van der Waals surface area contributed by atoms with Gasteiger partial charge in [-0.2, -0.15) is 5.10 Å². The second-order valence-corrected chi connectivity index (χ2v) is 27.6. The third-order valence-electron chi connectivity index (χ3n) is 18.9. The summed E-state index contributed by atoms with van der Waals surface area (Å²) in [4.78, 5) is 103. The van der Waals surface area contributed by atoms with Crippen LogP contribution in [0.3, 0.4) is 0 Å². The minimum absolute atomic E-state index is 0.00367. The maximum atomic E-state index is 13.8. The number of aliphatic carboxylic acids is 1. The number of carboxylic acid groups (broad SMARTS) is 2. The highest BCUT2D eigenvalue weighted by Crippen LogP contribution is 2.72. The van der Waals surface area contributed by atoms with Gasteiger partial charge in [0.25, 0.3) is 17.7 Å². The van der Waals surface area contributed by atoms with Crippen molar-refractivity contribution in [2.75, 3.05) is 58.4 Å². The fourth-order valence-electron chi connectivity index (χ4n) is 15.6. The molecule has 27 nitrogen and oxygen atoms in total.